The zero-order chi connectivity index (χ0) is 14.1. The number of ketones is 1. The molecule has 1 rings (SSSR count). The second-order valence-electron chi connectivity index (χ2n) is 3.91. The lowest BCUT2D eigenvalue weighted by Crippen LogP contribution is -2.01. The second kappa shape index (κ2) is 8.20. The number of carbonyl (C=O) groups is 1. The van der Waals surface area contributed by atoms with Gasteiger partial charge in [-0.15, -0.1) is 0 Å². The van der Waals surface area contributed by atoms with E-state index >= 15 is 0 Å². The SMILES string of the molecule is CCCC#CC(=O)c1ccc(OCC)c(OCC)c1. The molecule has 19 heavy (non-hydrogen) atoms. The predicted molar refractivity (Wildman–Crippen MR) is 75.8 cm³/mol. The van der Waals surface area contributed by atoms with Crippen LogP contribution in [0, 0.1) is 11.8 Å². The number of carbonyl (C=O) groups excluding carboxylic acids is 1. The molecule has 0 atom stereocenters. The van der Waals surface area contributed by atoms with E-state index in [-0.39, 0.29) is 5.78 Å². The zero-order valence-electron chi connectivity index (χ0n) is 11.8. The van der Waals surface area contributed by atoms with Gasteiger partial charge in [-0.3, -0.25) is 4.79 Å². The maximum absolute atomic E-state index is 11.9. The van der Waals surface area contributed by atoms with E-state index in [9.17, 15) is 4.79 Å². The highest BCUT2D eigenvalue weighted by Crippen LogP contribution is 2.28. The third kappa shape index (κ3) is 4.67. The fraction of sp³-hybridized carbons (Fsp3) is 0.438. The lowest BCUT2D eigenvalue weighted by atomic mass is 10.1. The van der Waals surface area contributed by atoms with Gasteiger partial charge in [-0.1, -0.05) is 12.8 Å². The van der Waals surface area contributed by atoms with Gasteiger partial charge in [0.25, 0.3) is 0 Å². The molecule has 102 valence electrons. The monoisotopic (exact) mass is 260 g/mol. The van der Waals surface area contributed by atoms with E-state index in [0.717, 1.165) is 12.8 Å². The minimum absolute atomic E-state index is 0.183. The van der Waals surface area contributed by atoms with Crippen molar-refractivity contribution >= 4 is 5.78 Å². The first-order valence-electron chi connectivity index (χ1n) is 6.65. The van der Waals surface area contributed by atoms with Crippen molar-refractivity contribution < 1.29 is 14.3 Å². The molecule has 0 heterocycles. The van der Waals surface area contributed by atoms with Crippen molar-refractivity contribution in [2.45, 2.75) is 33.6 Å². The Kier molecular flexibility index (Phi) is 6.52. The summed E-state index contributed by atoms with van der Waals surface area (Å²) < 4.78 is 10.9. The lowest BCUT2D eigenvalue weighted by molar-refractivity contribution is 0.105. The maximum Gasteiger partial charge on any atom is 0.236 e. The highest BCUT2D eigenvalue weighted by Gasteiger charge is 2.09. The van der Waals surface area contributed by atoms with Gasteiger partial charge in [0.1, 0.15) is 0 Å². The molecule has 0 spiro atoms. The molecule has 0 aliphatic heterocycles. The summed E-state index contributed by atoms with van der Waals surface area (Å²) in [7, 11) is 0. The van der Waals surface area contributed by atoms with Crippen LogP contribution in [0.1, 0.15) is 44.0 Å². The average molecular weight is 260 g/mol. The molecule has 0 N–H and O–H groups in total. The van der Waals surface area contributed by atoms with E-state index in [4.69, 9.17) is 9.47 Å². The summed E-state index contributed by atoms with van der Waals surface area (Å²) >= 11 is 0. The standard InChI is InChI=1S/C16H20O3/c1-4-7-8-9-14(17)13-10-11-15(18-5-2)16(12-13)19-6-3/h10-12H,4-7H2,1-3H3. The molecule has 0 saturated carbocycles. The van der Waals surface area contributed by atoms with Gasteiger partial charge < -0.3 is 9.47 Å². The number of hydrogen-bond acceptors (Lipinski definition) is 3. The normalized spacial score (nSPS) is 9.42. The summed E-state index contributed by atoms with van der Waals surface area (Å²) in [6.45, 7) is 6.92. The molecule has 3 nitrogen and oxygen atoms in total. The van der Waals surface area contributed by atoms with Crippen LogP contribution in [0.4, 0.5) is 0 Å². The van der Waals surface area contributed by atoms with Crippen molar-refractivity contribution in [3.8, 4) is 23.3 Å². The summed E-state index contributed by atoms with van der Waals surface area (Å²) in [5.74, 6) is 6.55. The zero-order valence-corrected chi connectivity index (χ0v) is 11.8. The summed E-state index contributed by atoms with van der Waals surface area (Å²) in [4.78, 5) is 11.9. The Morgan fingerprint density at radius 3 is 2.42 bits per heavy atom. The Bertz CT molecular complexity index is 481. The highest BCUT2D eigenvalue weighted by molar-refractivity contribution is 6.09. The van der Waals surface area contributed by atoms with Crippen LogP contribution in [0.15, 0.2) is 18.2 Å². The van der Waals surface area contributed by atoms with Crippen LogP contribution in [-0.2, 0) is 0 Å². The van der Waals surface area contributed by atoms with Crippen molar-refractivity contribution in [3.63, 3.8) is 0 Å². The summed E-state index contributed by atoms with van der Waals surface area (Å²) in [6, 6.07) is 5.16. The molecular weight excluding hydrogens is 240 g/mol. The first-order chi connectivity index (χ1) is 9.22. The van der Waals surface area contributed by atoms with E-state index in [1.807, 2.05) is 20.8 Å². The van der Waals surface area contributed by atoms with Crippen LogP contribution in [-0.4, -0.2) is 19.0 Å². The molecule has 0 aliphatic carbocycles. The molecule has 0 unspecified atom stereocenters. The molecule has 0 fully saturated rings. The lowest BCUT2D eigenvalue weighted by Gasteiger charge is -2.11. The molecule has 0 radical (unpaired) electrons. The van der Waals surface area contributed by atoms with Crippen molar-refractivity contribution in [2.75, 3.05) is 13.2 Å². The number of ether oxygens (including phenoxy) is 2. The smallest absolute Gasteiger partial charge is 0.236 e. The van der Waals surface area contributed by atoms with Crippen LogP contribution in [0.5, 0.6) is 11.5 Å². The number of unbranched alkanes of at least 4 members (excludes halogenated alkanes) is 1. The van der Waals surface area contributed by atoms with Crippen LogP contribution >= 0.6 is 0 Å². The topological polar surface area (TPSA) is 35.5 Å². The first kappa shape index (κ1) is 15.1. The van der Waals surface area contributed by atoms with Crippen LogP contribution in [0.25, 0.3) is 0 Å². The molecule has 0 aromatic heterocycles. The molecule has 0 saturated heterocycles. The molecular formula is C16H20O3. The molecule has 3 heteroatoms. The van der Waals surface area contributed by atoms with Gasteiger partial charge in [-0.25, -0.2) is 0 Å². The van der Waals surface area contributed by atoms with Crippen molar-refractivity contribution in [1.82, 2.24) is 0 Å². The predicted octanol–water partition coefficient (Wildman–Crippen LogP) is 3.47. The molecule has 0 amide bonds. The van der Waals surface area contributed by atoms with Crippen LogP contribution in [0.2, 0.25) is 0 Å². The average Bonchev–Trinajstić information content (AvgIpc) is 2.41. The number of Topliss-reactive ketones (excluding diaryl/α,β-unsaturated/α-hetero) is 1. The van der Waals surface area contributed by atoms with E-state index in [0.29, 0.717) is 30.3 Å². The van der Waals surface area contributed by atoms with Crippen molar-refractivity contribution in [2.24, 2.45) is 0 Å². The summed E-state index contributed by atoms with van der Waals surface area (Å²) in [5, 5.41) is 0. The Labute approximate surface area is 114 Å². The van der Waals surface area contributed by atoms with Gasteiger partial charge in [-0.05, 0) is 44.4 Å². The molecule has 1 aromatic rings. The van der Waals surface area contributed by atoms with Crippen LogP contribution < -0.4 is 9.47 Å². The fourth-order valence-corrected chi connectivity index (χ4v) is 1.53. The first-order valence-corrected chi connectivity index (χ1v) is 6.65. The summed E-state index contributed by atoms with van der Waals surface area (Å²) in [6.07, 6.45) is 1.69. The van der Waals surface area contributed by atoms with Gasteiger partial charge >= 0.3 is 0 Å². The largest absolute Gasteiger partial charge is 0.490 e. The van der Waals surface area contributed by atoms with Gasteiger partial charge in [0.05, 0.1) is 13.2 Å². The Hall–Kier alpha value is -1.95. The quantitative estimate of drug-likeness (QED) is 0.446. The molecule has 0 aliphatic rings. The van der Waals surface area contributed by atoms with E-state index in [2.05, 4.69) is 11.8 Å². The molecule has 0 bridgehead atoms. The number of benzene rings is 1. The highest BCUT2D eigenvalue weighted by atomic mass is 16.5. The van der Waals surface area contributed by atoms with E-state index in [1.165, 1.54) is 0 Å². The third-order valence-electron chi connectivity index (χ3n) is 2.38. The van der Waals surface area contributed by atoms with Crippen LogP contribution in [0.3, 0.4) is 0 Å². The Morgan fingerprint density at radius 2 is 1.79 bits per heavy atom. The fourth-order valence-electron chi connectivity index (χ4n) is 1.53. The van der Waals surface area contributed by atoms with E-state index in [1.54, 1.807) is 18.2 Å². The summed E-state index contributed by atoms with van der Waals surface area (Å²) in [5.41, 5.74) is 0.538. The van der Waals surface area contributed by atoms with E-state index < -0.39 is 0 Å². The minimum Gasteiger partial charge on any atom is -0.490 e. The Balaban J connectivity index is 2.94. The second-order valence-corrected chi connectivity index (χ2v) is 3.91. The van der Waals surface area contributed by atoms with Gasteiger partial charge in [0, 0.05) is 12.0 Å². The maximum atomic E-state index is 11.9. The van der Waals surface area contributed by atoms with Crippen molar-refractivity contribution in [1.29, 1.82) is 0 Å². The van der Waals surface area contributed by atoms with Gasteiger partial charge in [0.2, 0.25) is 5.78 Å². The number of rotatable bonds is 6. The van der Waals surface area contributed by atoms with Gasteiger partial charge in [-0.2, -0.15) is 0 Å². The third-order valence-corrected chi connectivity index (χ3v) is 2.38. The molecule has 1 aromatic carbocycles. The number of hydrogen-bond donors (Lipinski definition) is 0. The Morgan fingerprint density at radius 1 is 1.11 bits per heavy atom. The van der Waals surface area contributed by atoms with Gasteiger partial charge in [0.15, 0.2) is 11.5 Å². The van der Waals surface area contributed by atoms with Crippen molar-refractivity contribution in [3.05, 3.63) is 23.8 Å². The minimum atomic E-state index is -0.183.